The van der Waals surface area contributed by atoms with Crippen LogP contribution in [-0.4, -0.2) is 35.4 Å². The van der Waals surface area contributed by atoms with Crippen molar-refractivity contribution in [2.45, 2.75) is 19.5 Å². The van der Waals surface area contributed by atoms with Gasteiger partial charge in [0.1, 0.15) is 11.6 Å². The van der Waals surface area contributed by atoms with Gasteiger partial charge in [0.15, 0.2) is 11.5 Å². The third-order valence-electron chi connectivity index (χ3n) is 6.65. The van der Waals surface area contributed by atoms with E-state index in [1.165, 1.54) is 24.1 Å². The molecule has 1 aliphatic heterocycles. The number of hydrogen-bond acceptors (Lipinski definition) is 5. The van der Waals surface area contributed by atoms with Gasteiger partial charge in [-0.3, -0.25) is 9.59 Å². The molecule has 1 aliphatic rings. The maximum absolute atomic E-state index is 13.6. The van der Waals surface area contributed by atoms with E-state index in [4.69, 9.17) is 9.47 Å². The smallest absolute Gasteiger partial charge is 0.295 e. The van der Waals surface area contributed by atoms with E-state index in [-0.39, 0.29) is 17.9 Å². The molecule has 1 unspecified atom stereocenters. The molecule has 38 heavy (non-hydrogen) atoms. The Balaban J connectivity index is 1.71. The number of likely N-dealkylation sites (tertiary alicyclic amines) is 1. The average Bonchev–Trinajstić information content (AvgIpc) is 3.18. The fourth-order valence-electron chi connectivity index (χ4n) is 4.88. The number of Topliss-reactive ketones (excluding diaryl/α,β-unsaturated/α-hetero) is 1. The van der Waals surface area contributed by atoms with E-state index < -0.39 is 23.5 Å². The Bertz CT molecular complexity index is 1560. The van der Waals surface area contributed by atoms with Crippen molar-refractivity contribution in [1.82, 2.24) is 4.90 Å². The molecule has 1 heterocycles. The summed E-state index contributed by atoms with van der Waals surface area (Å²) in [4.78, 5) is 28.3. The predicted molar refractivity (Wildman–Crippen MR) is 142 cm³/mol. The monoisotopic (exact) mass is 511 g/mol. The average molecular weight is 512 g/mol. The Labute approximate surface area is 219 Å². The molecule has 1 fully saturated rings. The van der Waals surface area contributed by atoms with E-state index in [0.717, 1.165) is 10.8 Å². The summed E-state index contributed by atoms with van der Waals surface area (Å²) in [7, 11) is 1.53. The minimum Gasteiger partial charge on any atom is -0.507 e. The van der Waals surface area contributed by atoms with Crippen LogP contribution in [0.25, 0.3) is 16.5 Å². The van der Waals surface area contributed by atoms with Crippen LogP contribution in [0.4, 0.5) is 4.39 Å². The van der Waals surface area contributed by atoms with Crippen LogP contribution in [0.5, 0.6) is 11.5 Å². The van der Waals surface area contributed by atoms with Gasteiger partial charge < -0.3 is 19.5 Å². The summed E-state index contributed by atoms with van der Waals surface area (Å²) in [5.74, 6) is -1.27. The highest BCUT2D eigenvalue weighted by atomic mass is 19.1. The fraction of sp³-hybridized carbons (Fsp3) is 0.161. The van der Waals surface area contributed by atoms with Crippen LogP contribution in [0.15, 0.2) is 90.5 Å². The topological polar surface area (TPSA) is 76.1 Å². The van der Waals surface area contributed by atoms with Gasteiger partial charge in [0.05, 0.1) is 25.3 Å². The van der Waals surface area contributed by atoms with Crippen molar-refractivity contribution in [3.8, 4) is 11.5 Å². The number of benzene rings is 4. The zero-order valence-corrected chi connectivity index (χ0v) is 21.0. The minimum absolute atomic E-state index is 0.0268. The second kappa shape index (κ2) is 10.4. The number of nitrogens with zero attached hydrogens (tertiary/aromatic N) is 1. The summed E-state index contributed by atoms with van der Waals surface area (Å²) in [5.41, 5.74) is 1.63. The van der Waals surface area contributed by atoms with Crippen molar-refractivity contribution in [3.05, 3.63) is 113 Å². The quantitative estimate of drug-likeness (QED) is 0.187. The maximum Gasteiger partial charge on any atom is 0.295 e. The molecular formula is C31H26FNO5. The summed E-state index contributed by atoms with van der Waals surface area (Å²) in [6.07, 6.45) is 0. The fourth-order valence-corrected chi connectivity index (χ4v) is 4.88. The lowest BCUT2D eigenvalue weighted by Crippen LogP contribution is -2.29. The van der Waals surface area contributed by atoms with Crippen LogP contribution < -0.4 is 9.47 Å². The number of carbonyl (C=O) groups is 2. The van der Waals surface area contributed by atoms with Gasteiger partial charge in [-0.05, 0) is 53.1 Å². The second-order valence-electron chi connectivity index (χ2n) is 8.92. The first-order valence-corrected chi connectivity index (χ1v) is 12.2. The molecule has 5 rings (SSSR count). The predicted octanol–water partition coefficient (Wildman–Crippen LogP) is 6.01. The van der Waals surface area contributed by atoms with Crippen LogP contribution in [0.3, 0.4) is 0 Å². The lowest BCUT2D eigenvalue weighted by molar-refractivity contribution is -0.140. The van der Waals surface area contributed by atoms with Crippen LogP contribution in [0.1, 0.15) is 29.7 Å². The maximum atomic E-state index is 13.6. The molecule has 6 nitrogen and oxygen atoms in total. The highest BCUT2D eigenvalue weighted by molar-refractivity contribution is 6.46. The molecular weight excluding hydrogens is 485 g/mol. The summed E-state index contributed by atoms with van der Waals surface area (Å²) in [5, 5.41) is 13.2. The SMILES string of the molecule is CCOc1cc(C2/C(=C(\O)c3cccc4ccccc34)C(=O)C(=O)N2Cc2ccc(F)cc2)ccc1OC. The molecule has 4 aromatic rings. The van der Waals surface area contributed by atoms with Crippen LogP contribution in [-0.2, 0) is 16.1 Å². The molecule has 4 aromatic carbocycles. The van der Waals surface area contributed by atoms with Crippen molar-refractivity contribution < 1.29 is 28.6 Å². The first-order valence-electron chi connectivity index (χ1n) is 12.2. The molecule has 0 radical (unpaired) electrons. The zero-order valence-electron chi connectivity index (χ0n) is 21.0. The van der Waals surface area contributed by atoms with Gasteiger partial charge in [-0.2, -0.15) is 0 Å². The Hall–Kier alpha value is -4.65. The summed E-state index contributed by atoms with van der Waals surface area (Å²) in [6, 6.07) is 22.9. The third-order valence-corrected chi connectivity index (χ3v) is 6.65. The van der Waals surface area contributed by atoms with Crippen molar-refractivity contribution in [3.63, 3.8) is 0 Å². The number of ketones is 1. The number of halogens is 1. The molecule has 1 atom stereocenters. The van der Waals surface area contributed by atoms with Gasteiger partial charge in [0.2, 0.25) is 0 Å². The standard InChI is InChI=1S/C31H26FNO5/c1-3-38-26-17-21(13-16-25(26)37-2)28-27(29(34)24-10-6-8-20-7-4-5-9-23(20)24)30(35)31(36)33(28)18-19-11-14-22(32)15-12-19/h4-17,28,34H,3,18H2,1-2H3/b29-27+. The number of aliphatic hydroxyl groups is 1. The highest BCUT2D eigenvalue weighted by Gasteiger charge is 2.46. The zero-order chi connectivity index (χ0) is 26.8. The Morgan fingerprint density at radius 1 is 0.947 bits per heavy atom. The number of rotatable bonds is 7. The van der Waals surface area contributed by atoms with Gasteiger partial charge in [-0.25, -0.2) is 4.39 Å². The number of fused-ring (bicyclic) bond motifs is 1. The summed E-state index contributed by atoms with van der Waals surface area (Å²) >= 11 is 0. The normalized spacial score (nSPS) is 16.7. The van der Waals surface area contributed by atoms with Crippen molar-refractivity contribution in [1.29, 1.82) is 0 Å². The first-order chi connectivity index (χ1) is 18.4. The van der Waals surface area contributed by atoms with Crippen LogP contribution in [0, 0.1) is 5.82 Å². The Morgan fingerprint density at radius 3 is 2.42 bits per heavy atom. The summed E-state index contributed by atoms with van der Waals surface area (Å²) < 4.78 is 24.7. The van der Waals surface area contributed by atoms with Crippen molar-refractivity contribution in [2.24, 2.45) is 0 Å². The lowest BCUT2D eigenvalue weighted by Gasteiger charge is -2.26. The van der Waals surface area contributed by atoms with Gasteiger partial charge in [0, 0.05) is 12.1 Å². The Kier molecular flexibility index (Phi) is 6.83. The summed E-state index contributed by atoms with van der Waals surface area (Å²) in [6.45, 7) is 2.26. The molecule has 0 saturated carbocycles. The minimum atomic E-state index is -0.913. The number of hydrogen-bond donors (Lipinski definition) is 1. The van der Waals surface area contributed by atoms with Crippen LogP contribution >= 0.6 is 0 Å². The number of carbonyl (C=O) groups excluding carboxylic acids is 2. The number of amides is 1. The molecule has 1 saturated heterocycles. The first kappa shape index (κ1) is 25.0. The van der Waals surface area contributed by atoms with Crippen LogP contribution in [0.2, 0.25) is 0 Å². The molecule has 192 valence electrons. The largest absolute Gasteiger partial charge is 0.507 e. The van der Waals surface area contributed by atoms with Gasteiger partial charge >= 0.3 is 0 Å². The number of ether oxygens (including phenoxy) is 2. The molecule has 1 N–H and O–H groups in total. The molecule has 0 spiro atoms. The molecule has 0 aromatic heterocycles. The van der Waals surface area contributed by atoms with Gasteiger partial charge in [0.25, 0.3) is 11.7 Å². The van der Waals surface area contributed by atoms with E-state index >= 15 is 0 Å². The Morgan fingerprint density at radius 2 is 1.68 bits per heavy atom. The van der Waals surface area contributed by atoms with E-state index in [9.17, 15) is 19.1 Å². The van der Waals surface area contributed by atoms with Gasteiger partial charge in [-0.15, -0.1) is 0 Å². The lowest BCUT2D eigenvalue weighted by atomic mass is 9.93. The third kappa shape index (κ3) is 4.47. The number of methoxy groups -OCH3 is 1. The van der Waals surface area contributed by atoms with E-state index in [1.807, 2.05) is 37.3 Å². The molecule has 0 aliphatic carbocycles. The van der Waals surface area contributed by atoms with E-state index in [0.29, 0.717) is 34.8 Å². The second-order valence-corrected chi connectivity index (χ2v) is 8.92. The van der Waals surface area contributed by atoms with Gasteiger partial charge in [-0.1, -0.05) is 60.7 Å². The van der Waals surface area contributed by atoms with E-state index in [1.54, 1.807) is 42.5 Å². The van der Waals surface area contributed by atoms with Crippen molar-refractivity contribution in [2.75, 3.05) is 13.7 Å². The molecule has 0 bridgehead atoms. The molecule has 7 heteroatoms. The van der Waals surface area contributed by atoms with E-state index in [2.05, 4.69) is 0 Å². The highest BCUT2D eigenvalue weighted by Crippen LogP contribution is 2.43. The molecule has 1 amide bonds. The number of aliphatic hydroxyl groups excluding tert-OH is 1. The van der Waals surface area contributed by atoms with Crippen molar-refractivity contribution >= 4 is 28.2 Å².